The van der Waals surface area contributed by atoms with E-state index in [1.165, 1.54) is 11.1 Å². The van der Waals surface area contributed by atoms with Crippen LogP contribution in [0.15, 0.2) is 52.9 Å². The topological polar surface area (TPSA) is 98.7 Å². The third kappa shape index (κ3) is 5.14. The Morgan fingerprint density at radius 2 is 1.86 bits per heavy atom. The summed E-state index contributed by atoms with van der Waals surface area (Å²) >= 11 is 7.30. The first-order valence-electron chi connectivity index (χ1n) is 11.8. The molecule has 1 N–H and O–H groups in total. The van der Waals surface area contributed by atoms with Gasteiger partial charge in [-0.1, -0.05) is 22.9 Å². The zero-order valence-electron chi connectivity index (χ0n) is 19.8. The second kappa shape index (κ2) is 10.2. The first-order chi connectivity index (χ1) is 17.3. The van der Waals surface area contributed by atoms with Gasteiger partial charge in [0.15, 0.2) is 0 Å². The van der Waals surface area contributed by atoms with Gasteiger partial charge in [0.05, 0.1) is 4.90 Å². The minimum absolute atomic E-state index is 0. The van der Waals surface area contributed by atoms with Crippen LogP contribution in [-0.4, -0.2) is 68.2 Å². The van der Waals surface area contributed by atoms with Crippen LogP contribution in [0.5, 0.6) is 0 Å². The molecule has 1 saturated heterocycles. The van der Waals surface area contributed by atoms with E-state index in [0.717, 1.165) is 47.1 Å². The van der Waals surface area contributed by atoms with Crippen molar-refractivity contribution >= 4 is 55.4 Å². The Balaban J connectivity index is 0.00000200. The Morgan fingerprint density at radius 1 is 1.11 bits per heavy atom. The number of hydrogen-bond donors (Lipinski definition) is 1. The minimum atomic E-state index is -3.72. The number of aromatic nitrogens is 2. The van der Waals surface area contributed by atoms with Gasteiger partial charge in [-0.15, -0.1) is 10.2 Å². The lowest BCUT2D eigenvalue weighted by atomic mass is 10.00. The number of halogens is 1. The SMILES string of the molecule is C[C@H](C(=O)N1CCN(c2ccc(S(=O)(=O)Nc3nncs3)cc2)CC1)N1CCCc2cc(Cl)ccc21.[HH].[HH]. The molecule has 3 heterocycles. The highest BCUT2D eigenvalue weighted by atomic mass is 35.5. The van der Waals surface area contributed by atoms with Crippen molar-refractivity contribution < 1.29 is 16.1 Å². The van der Waals surface area contributed by atoms with Crippen LogP contribution in [0.1, 0.15) is 21.8 Å². The zero-order valence-corrected chi connectivity index (χ0v) is 22.2. The number of anilines is 3. The average molecular weight is 551 g/mol. The molecule has 5 rings (SSSR count). The highest BCUT2D eigenvalue weighted by molar-refractivity contribution is 7.93. The Labute approximate surface area is 222 Å². The van der Waals surface area contributed by atoms with Gasteiger partial charge < -0.3 is 14.7 Å². The molecule has 194 valence electrons. The quantitative estimate of drug-likeness (QED) is 0.495. The predicted molar refractivity (Wildman–Crippen MR) is 147 cm³/mol. The summed E-state index contributed by atoms with van der Waals surface area (Å²) in [7, 11) is -3.72. The number of aryl methyl sites for hydroxylation is 1. The number of amides is 1. The van der Waals surface area contributed by atoms with Crippen molar-refractivity contribution in [3.8, 4) is 0 Å². The molecule has 3 aromatic rings. The molecule has 1 atom stereocenters. The lowest BCUT2D eigenvalue weighted by Crippen LogP contribution is -2.55. The molecule has 1 aromatic heterocycles. The van der Waals surface area contributed by atoms with Crippen molar-refractivity contribution in [2.75, 3.05) is 47.2 Å². The molecule has 0 bridgehead atoms. The molecule has 2 aromatic carbocycles. The van der Waals surface area contributed by atoms with Gasteiger partial charge in [-0.3, -0.25) is 9.52 Å². The standard InChI is InChI=1S/C24H27ClN6O3S2.2H2/c1-17(31-10-2-3-18-15-19(25)4-9-22(18)31)23(32)30-13-11-29(12-14-30)20-5-7-21(8-6-20)36(33,34)28-24-27-26-16-35-24;;/h4-9,15-17H,2-3,10-14H2,1H3,(H,27,28);2*1H/t17-;;/m1../s1. The summed E-state index contributed by atoms with van der Waals surface area (Å²) < 4.78 is 27.5. The number of piperazine rings is 1. The average Bonchev–Trinajstić information content (AvgIpc) is 3.40. The summed E-state index contributed by atoms with van der Waals surface area (Å²) in [6.07, 6.45) is 1.98. The molecule has 1 fully saturated rings. The first kappa shape index (κ1) is 24.8. The molecule has 1 amide bonds. The van der Waals surface area contributed by atoms with Crippen LogP contribution in [-0.2, 0) is 21.2 Å². The number of carbonyl (C=O) groups is 1. The molecular formula is C24H31ClN6O3S2. The second-order valence-electron chi connectivity index (χ2n) is 8.90. The Hall–Kier alpha value is -2.89. The van der Waals surface area contributed by atoms with Crippen molar-refractivity contribution in [2.45, 2.75) is 30.7 Å². The monoisotopic (exact) mass is 550 g/mol. The highest BCUT2D eigenvalue weighted by Gasteiger charge is 2.31. The van der Waals surface area contributed by atoms with E-state index in [0.29, 0.717) is 26.2 Å². The maximum atomic E-state index is 13.4. The second-order valence-corrected chi connectivity index (χ2v) is 11.9. The number of nitrogens with one attached hydrogen (secondary N) is 1. The van der Waals surface area contributed by atoms with Crippen molar-refractivity contribution in [3.05, 3.63) is 58.6 Å². The number of rotatable bonds is 6. The van der Waals surface area contributed by atoms with E-state index in [1.807, 2.05) is 30.0 Å². The van der Waals surface area contributed by atoms with Crippen LogP contribution < -0.4 is 14.5 Å². The summed E-state index contributed by atoms with van der Waals surface area (Å²) in [5.41, 5.74) is 4.68. The van der Waals surface area contributed by atoms with Gasteiger partial charge in [0.1, 0.15) is 11.6 Å². The van der Waals surface area contributed by atoms with Crippen LogP contribution in [0.2, 0.25) is 5.02 Å². The number of nitrogens with zero attached hydrogens (tertiary/aromatic N) is 5. The summed E-state index contributed by atoms with van der Waals surface area (Å²) in [5, 5.41) is 8.32. The van der Waals surface area contributed by atoms with Gasteiger partial charge in [0, 0.05) is 52.0 Å². The van der Waals surface area contributed by atoms with Crippen LogP contribution >= 0.6 is 22.9 Å². The molecule has 0 saturated carbocycles. The molecular weight excluding hydrogens is 520 g/mol. The lowest BCUT2D eigenvalue weighted by molar-refractivity contribution is -0.132. The normalized spacial score (nSPS) is 17.0. The summed E-state index contributed by atoms with van der Waals surface area (Å²) in [5.74, 6) is 0.127. The Bertz CT molecular complexity index is 1340. The number of hydrogen-bond acceptors (Lipinski definition) is 8. The molecule has 36 heavy (non-hydrogen) atoms. The van der Waals surface area contributed by atoms with Crippen molar-refractivity contribution in [1.29, 1.82) is 0 Å². The van der Waals surface area contributed by atoms with Crippen molar-refractivity contribution in [2.24, 2.45) is 0 Å². The summed E-state index contributed by atoms with van der Waals surface area (Å²) in [4.78, 5) is 19.8. The fourth-order valence-electron chi connectivity index (χ4n) is 4.81. The smallest absolute Gasteiger partial charge is 0.263 e. The van der Waals surface area contributed by atoms with E-state index in [9.17, 15) is 13.2 Å². The van der Waals surface area contributed by atoms with Crippen LogP contribution in [0.3, 0.4) is 0 Å². The third-order valence-electron chi connectivity index (χ3n) is 6.71. The molecule has 2 aliphatic heterocycles. The minimum Gasteiger partial charge on any atom is -0.368 e. The summed E-state index contributed by atoms with van der Waals surface area (Å²) in [6.45, 7) is 5.42. The first-order valence-corrected chi connectivity index (χ1v) is 14.5. The largest absolute Gasteiger partial charge is 0.368 e. The van der Waals surface area contributed by atoms with Crippen LogP contribution in [0.25, 0.3) is 0 Å². The fraction of sp³-hybridized carbons (Fsp3) is 0.375. The molecule has 0 aliphatic carbocycles. The van der Waals surface area contributed by atoms with E-state index >= 15 is 0 Å². The van der Waals surface area contributed by atoms with Crippen molar-refractivity contribution in [3.63, 3.8) is 0 Å². The van der Waals surface area contributed by atoms with Gasteiger partial charge in [0.2, 0.25) is 11.0 Å². The van der Waals surface area contributed by atoms with Gasteiger partial charge in [0.25, 0.3) is 10.0 Å². The van der Waals surface area contributed by atoms with Crippen LogP contribution in [0, 0.1) is 0 Å². The van der Waals surface area contributed by atoms with E-state index in [-0.39, 0.29) is 24.8 Å². The van der Waals surface area contributed by atoms with Gasteiger partial charge in [-0.05, 0) is 67.8 Å². The van der Waals surface area contributed by atoms with E-state index in [2.05, 4.69) is 24.7 Å². The van der Waals surface area contributed by atoms with E-state index in [1.54, 1.807) is 24.3 Å². The van der Waals surface area contributed by atoms with Gasteiger partial charge >= 0.3 is 0 Å². The van der Waals surface area contributed by atoms with E-state index < -0.39 is 10.0 Å². The maximum absolute atomic E-state index is 13.4. The van der Waals surface area contributed by atoms with Crippen molar-refractivity contribution in [1.82, 2.24) is 15.1 Å². The molecule has 9 nitrogen and oxygen atoms in total. The molecule has 2 aliphatic rings. The molecule has 0 radical (unpaired) electrons. The maximum Gasteiger partial charge on any atom is 0.263 e. The Kier molecular flexibility index (Phi) is 7.05. The zero-order chi connectivity index (χ0) is 25.3. The third-order valence-corrected chi connectivity index (χ3v) is 9.03. The molecule has 0 unspecified atom stereocenters. The molecule has 12 heteroatoms. The van der Waals surface area contributed by atoms with E-state index in [4.69, 9.17) is 11.6 Å². The number of benzene rings is 2. The summed E-state index contributed by atoms with van der Waals surface area (Å²) in [6, 6.07) is 12.4. The number of sulfonamides is 1. The van der Waals surface area contributed by atoms with Gasteiger partial charge in [-0.25, -0.2) is 8.42 Å². The number of fused-ring (bicyclic) bond motifs is 1. The van der Waals surface area contributed by atoms with Gasteiger partial charge in [-0.2, -0.15) is 0 Å². The predicted octanol–water partition coefficient (Wildman–Crippen LogP) is 3.97. The number of carbonyl (C=O) groups excluding carboxylic acids is 1. The highest BCUT2D eigenvalue weighted by Crippen LogP contribution is 2.31. The lowest BCUT2D eigenvalue weighted by Gasteiger charge is -2.41. The Morgan fingerprint density at radius 3 is 2.56 bits per heavy atom. The fourth-order valence-corrected chi connectivity index (χ4v) is 6.69. The van der Waals surface area contributed by atoms with Crippen LogP contribution in [0.4, 0.5) is 16.5 Å². The molecule has 0 spiro atoms.